The van der Waals surface area contributed by atoms with Crippen LogP contribution in [0.1, 0.15) is 5.56 Å². The summed E-state index contributed by atoms with van der Waals surface area (Å²) >= 11 is 1.47. The van der Waals surface area contributed by atoms with Crippen LogP contribution in [-0.4, -0.2) is 21.2 Å². The molecule has 0 atom stereocenters. The van der Waals surface area contributed by atoms with Crippen LogP contribution in [0.25, 0.3) is 10.9 Å². The Morgan fingerprint density at radius 2 is 2.05 bits per heavy atom. The minimum absolute atomic E-state index is 0.466. The van der Waals surface area contributed by atoms with E-state index in [4.69, 9.17) is 5.73 Å². The first-order valence-corrected chi connectivity index (χ1v) is 7.74. The van der Waals surface area contributed by atoms with Crippen molar-refractivity contribution in [3.8, 4) is 0 Å². The third-order valence-corrected chi connectivity index (χ3v) is 3.63. The van der Waals surface area contributed by atoms with Gasteiger partial charge in [0, 0.05) is 24.2 Å². The van der Waals surface area contributed by atoms with Gasteiger partial charge in [0.1, 0.15) is 11.6 Å². The number of thioether (sulfide) groups is 1. The number of hydrogen-bond donors (Lipinski definition) is 2. The lowest BCUT2D eigenvalue weighted by atomic mass is 10.1. The molecular formula is C15H15N5S. The quantitative estimate of drug-likeness (QED) is 0.569. The van der Waals surface area contributed by atoms with Crippen molar-refractivity contribution in [2.75, 3.05) is 17.3 Å². The maximum atomic E-state index is 5.78. The Balaban J connectivity index is 1.85. The van der Waals surface area contributed by atoms with Crippen molar-refractivity contribution in [1.29, 1.82) is 0 Å². The third-order valence-electron chi connectivity index (χ3n) is 3.08. The normalized spacial score (nSPS) is 10.7. The first-order chi connectivity index (χ1) is 10.3. The summed E-state index contributed by atoms with van der Waals surface area (Å²) in [5, 5.41) is 5.07. The monoisotopic (exact) mass is 297 g/mol. The number of rotatable bonds is 4. The topological polar surface area (TPSA) is 76.7 Å². The highest BCUT2D eigenvalue weighted by Gasteiger charge is 2.04. The van der Waals surface area contributed by atoms with E-state index in [9.17, 15) is 0 Å². The number of hydrogen-bond acceptors (Lipinski definition) is 6. The summed E-state index contributed by atoms with van der Waals surface area (Å²) in [5.74, 6) is 1.19. The van der Waals surface area contributed by atoms with E-state index in [0.29, 0.717) is 17.5 Å². The van der Waals surface area contributed by atoms with Gasteiger partial charge in [-0.3, -0.25) is 4.98 Å². The van der Waals surface area contributed by atoms with Crippen molar-refractivity contribution >= 4 is 34.3 Å². The van der Waals surface area contributed by atoms with Gasteiger partial charge >= 0.3 is 0 Å². The molecule has 5 nitrogen and oxygen atoms in total. The molecule has 3 rings (SSSR count). The van der Waals surface area contributed by atoms with E-state index in [1.807, 2.05) is 18.4 Å². The van der Waals surface area contributed by atoms with Gasteiger partial charge in [-0.2, -0.15) is 0 Å². The van der Waals surface area contributed by atoms with E-state index in [1.165, 1.54) is 11.8 Å². The second-order valence-electron chi connectivity index (χ2n) is 4.51. The van der Waals surface area contributed by atoms with Gasteiger partial charge in [-0.25, -0.2) is 9.97 Å². The fourth-order valence-electron chi connectivity index (χ4n) is 2.12. The summed E-state index contributed by atoms with van der Waals surface area (Å²) in [4.78, 5) is 13.0. The molecule has 1 aromatic carbocycles. The summed E-state index contributed by atoms with van der Waals surface area (Å²) in [7, 11) is 0. The fraction of sp³-hybridized carbons (Fsp3) is 0.133. The van der Waals surface area contributed by atoms with Gasteiger partial charge < -0.3 is 11.1 Å². The minimum atomic E-state index is 0.466. The summed E-state index contributed by atoms with van der Waals surface area (Å²) in [6, 6.07) is 11.9. The number of anilines is 2. The van der Waals surface area contributed by atoms with Crippen molar-refractivity contribution in [2.24, 2.45) is 0 Å². The second-order valence-corrected chi connectivity index (χ2v) is 5.28. The first kappa shape index (κ1) is 13.6. The van der Waals surface area contributed by atoms with Gasteiger partial charge in [0.15, 0.2) is 5.16 Å². The third kappa shape index (κ3) is 3.05. The van der Waals surface area contributed by atoms with Crippen LogP contribution in [0.5, 0.6) is 0 Å². The molecule has 0 aliphatic heterocycles. The van der Waals surface area contributed by atoms with E-state index in [1.54, 1.807) is 12.3 Å². The van der Waals surface area contributed by atoms with Gasteiger partial charge in [0.2, 0.25) is 0 Å². The Hall–Kier alpha value is -2.34. The molecule has 0 spiro atoms. The summed E-state index contributed by atoms with van der Waals surface area (Å²) in [5.41, 5.74) is 7.90. The van der Waals surface area contributed by atoms with Gasteiger partial charge in [-0.15, -0.1) is 0 Å². The highest BCUT2D eigenvalue weighted by atomic mass is 32.2. The van der Waals surface area contributed by atoms with Crippen molar-refractivity contribution in [1.82, 2.24) is 15.0 Å². The number of nitrogens with zero attached hydrogens (tertiary/aromatic N) is 3. The van der Waals surface area contributed by atoms with Crippen molar-refractivity contribution in [3.05, 3.63) is 48.2 Å². The van der Waals surface area contributed by atoms with E-state index in [2.05, 4.69) is 38.5 Å². The average molecular weight is 297 g/mol. The maximum Gasteiger partial charge on any atom is 0.191 e. The van der Waals surface area contributed by atoms with Crippen LogP contribution in [0, 0.1) is 0 Å². The Morgan fingerprint density at radius 3 is 2.90 bits per heavy atom. The molecule has 0 aliphatic rings. The van der Waals surface area contributed by atoms with Crippen LogP contribution >= 0.6 is 11.8 Å². The predicted octanol–water partition coefficient (Wildman–Crippen LogP) is 2.94. The Morgan fingerprint density at radius 1 is 1.19 bits per heavy atom. The molecule has 0 saturated carbocycles. The second kappa shape index (κ2) is 5.97. The minimum Gasteiger partial charge on any atom is -0.383 e. The SMILES string of the molecule is CSc1nc(N)cc(NCc2cccc3cccnc23)n1. The average Bonchev–Trinajstić information content (AvgIpc) is 2.52. The van der Waals surface area contributed by atoms with Gasteiger partial charge in [-0.1, -0.05) is 36.0 Å². The molecule has 0 saturated heterocycles. The molecule has 2 heterocycles. The predicted molar refractivity (Wildman–Crippen MR) is 87.3 cm³/mol. The Labute approximate surface area is 127 Å². The van der Waals surface area contributed by atoms with Gasteiger partial charge in [0.05, 0.1) is 5.52 Å². The molecule has 21 heavy (non-hydrogen) atoms. The zero-order valence-corrected chi connectivity index (χ0v) is 12.4. The molecule has 2 aromatic heterocycles. The van der Waals surface area contributed by atoms with Gasteiger partial charge in [0.25, 0.3) is 0 Å². The van der Waals surface area contributed by atoms with Gasteiger partial charge in [-0.05, 0) is 17.9 Å². The summed E-state index contributed by atoms with van der Waals surface area (Å²) in [6.45, 7) is 0.638. The zero-order chi connectivity index (χ0) is 14.7. The molecular weight excluding hydrogens is 282 g/mol. The standard InChI is InChI=1S/C15H15N5S/c1-21-15-19-12(16)8-13(20-15)18-9-11-5-2-4-10-6-3-7-17-14(10)11/h2-8H,9H2,1H3,(H3,16,18,19,20). The van der Waals surface area contributed by atoms with Crippen molar-refractivity contribution < 1.29 is 0 Å². The molecule has 0 amide bonds. The molecule has 0 fully saturated rings. The number of nitrogen functional groups attached to an aromatic ring is 1. The molecule has 3 N–H and O–H groups in total. The fourth-order valence-corrected chi connectivity index (χ4v) is 2.51. The molecule has 0 bridgehead atoms. The first-order valence-electron chi connectivity index (χ1n) is 6.51. The number of fused-ring (bicyclic) bond motifs is 1. The van der Waals surface area contributed by atoms with E-state index in [0.717, 1.165) is 22.3 Å². The molecule has 0 radical (unpaired) electrons. The number of nitrogens with two attached hydrogens (primary N) is 1. The number of aromatic nitrogens is 3. The van der Waals surface area contributed by atoms with E-state index in [-0.39, 0.29) is 0 Å². The lowest BCUT2D eigenvalue weighted by Gasteiger charge is -2.09. The number of benzene rings is 1. The summed E-state index contributed by atoms with van der Waals surface area (Å²) < 4.78 is 0. The Kier molecular flexibility index (Phi) is 3.87. The molecule has 106 valence electrons. The van der Waals surface area contributed by atoms with Crippen LogP contribution in [0.3, 0.4) is 0 Å². The highest BCUT2D eigenvalue weighted by molar-refractivity contribution is 7.98. The Bertz CT molecular complexity index is 770. The molecule has 0 aliphatic carbocycles. The zero-order valence-electron chi connectivity index (χ0n) is 11.6. The van der Waals surface area contributed by atoms with Crippen LogP contribution in [0.2, 0.25) is 0 Å². The lowest BCUT2D eigenvalue weighted by molar-refractivity contribution is 0.964. The van der Waals surface area contributed by atoms with Crippen molar-refractivity contribution in [2.45, 2.75) is 11.7 Å². The van der Waals surface area contributed by atoms with E-state index >= 15 is 0 Å². The number of nitrogens with one attached hydrogen (secondary N) is 1. The maximum absolute atomic E-state index is 5.78. The number of para-hydroxylation sites is 1. The van der Waals surface area contributed by atoms with Crippen LogP contribution in [-0.2, 0) is 6.54 Å². The largest absolute Gasteiger partial charge is 0.383 e. The molecule has 0 unspecified atom stereocenters. The number of pyridine rings is 1. The molecule has 3 aromatic rings. The van der Waals surface area contributed by atoms with Crippen LogP contribution < -0.4 is 11.1 Å². The smallest absolute Gasteiger partial charge is 0.191 e. The van der Waals surface area contributed by atoms with Crippen LogP contribution in [0.15, 0.2) is 47.8 Å². The summed E-state index contributed by atoms with van der Waals surface area (Å²) in [6.07, 6.45) is 3.73. The van der Waals surface area contributed by atoms with Crippen LogP contribution in [0.4, 0.5) is 11.6 Å². The van der Waals surface area contributed by atoms with Crippen molar-refractivity contribution in [3.63, 3.8) is 0 Å². The van der Waals surface area contributed by atoms with E-state index < -0.39 is 0 Å². The molecule has 6 heteroatoms. The highest BCUT2D eigenvalue weighted by Crippen LogP contribution is 2.19. The lowest BCUT2D eigenvalue weighted by Crippen LogP contribution is -2.05.